The predicted molar refractivity (Wildman–Crippen MR) is 61.2 cm³/mol. The summed E-state index contributed by atoms with van der Waals surface area (Å²) in [6.45, 7) is 3.28. The van der Waals surface area contributed by atoms with Crippen molar-refractivity contribution in [3.63, 3.8) is 0 Å². The van der Waals surface area contributed by atoms with Crippen molar-refractivity contribution >= 4 is 6.34 Å². The first-order valence-corrected chi connectivity index (χ1v) is 5.14. The Hall–Kier alpha value is -1.25. The molecule has 3 nitrogen and oxygen atoms in total. The Morgan fingerprint density at radius 3 is 2.79 bits per heavy atom. The summed E-state index contributed by atoms with van der Waals surface area (Å²) < 4.78 is 0. The van der Waals surface area contributed by atoms with Crippen molar-refractivity contribution in [2.24, 2.45) is 4.99 Å². The summed E-state index contributed by atoms with van der Waals surface area (Å²) in [4.78, 5) is 6.17. The van der Waals surface area contributed by atoms with Gasteiger partial charge in [0, 0.05) is 25.8 Å². The van der Waals surface area contributed by atoms with Gasteiger partial charge >= 0.3 is 0 Å². The summed E-state index contributed by atoms with van der Waals surface area (Å²) in [6.07, 6.45) is 12.4. The molecule has 3 heteroatoms. The lowest BCUT2D eigenvalue weighted by atomic mass is 10.5. The predicted octanol–water partition coefficient (Wildman–Crippen LogP) is 1.75. The van der Waals surface area contributed by atoms with E-state index in [-0.39, 0.29) is 0 Å². The topological polar surface area (TPSA) is 27.6 Å². The fourth-order valence-electron chi connectivity index (χ4n) is 1.28. The highest BCUT2D eigenvalue weighted by Gasteiger charge is 2.25. The van der Waals surface area contributed by atoms with Gasteiger partial charge in [0.15, 0.2) is 0 Å². The lowest BCUT2D eigenvalue weighted by Crippen LogP contribution is -2.18. The van der Waals surface area contributed by atoms with E-state index in [0.717, 1.165) is 12.6 Å². The van der Waals surface area contributed by atoms with Crippen molar-refractivity contribution < 1.29 is 0 Å². The maximum atomic E-state index is 3.80. The first-order valence-electron chi connectivity index (χ1n) is 5.14. The molecule has 0 heterocycles. The standard InChI is InChI=1S/C11H19N3/c1-3-14(11-6-7-11)9-5-4-8-13-10-12-2/h4-5,8-11H,3,6-7H2,1-2H3,(H,12,13)/b8-4+,9-5-. The van der Waals surface area contributed by atoms with Crippen molar-refractivity contribution in [1.82, 2.24) is 10.2 Å². The maximum Gasteiger partial charge on any atom is 0.0859 e. The zero-order valence-corrected chi connectivity index (χ0v) is 8.98. The fourth-order valence-corrected chi connectivity index (χ4v) is 1.28. The Labute approximate surface area is 86.2 Å². The van der Waals surface area contributed by atoms with Crippen LogP contribution in [0.4, 0.5) is 0 Å². The van der Waals surface area contributed by atoms with Gasteiger partial charge in [0.1, 0.15) is 0 Å². The number of rotatable bonds is 6. The van der Waals surface area contributed by atoms with E-state index in [1.165, 1.54) is 12.8 Å². The molecule has 0 radical (unpaired) electrons. The third-order valence-electron chi connectivity index (χ3n) is 2.17. The number of hydrogen-bond acceptors (Lipinski definition) is 2. The molecular formula is C11H19N3. The Morgan fingerprint density at radius 1 is 1.43 bits per heavy atom. The van der Waals surface area contributed by atoms with Gasteiger partial charge in [-0.1, -0.05) is 0 Å². The summed E-state index contributed by atoms with van der Waals surface area (Å²) in [7, 11) is 1.74. The van der Waals surface area contributed by atoms with E-state index in [1.54, 1.807) is 13.4 Å². The molecule has 1 aliphatic carbocycles. The van der Waals surface area contributed by atoms with Crippen LogP contribution in [0.5, 0.6) is 0 Å². The number of allylic oxidation sites excluding steroid dienone is 2. The minimum atomic E-state index is 0.801. The Balaban J connectivity index is 2.20. The van der Waals surface area contributed by atoms with Gasteiger partial charge in [-0.25, -0.2) is 0 Å². The van der Waals surface area contributed by atoms with E-state index in [0.29, 0.717) is 0 Å². The second-order valence-corrected chi connectivity index (χ2v) is 3.32. The Kier molecular flexibility index (Phi) is 4.83. The van der Waals surface area contributed by atoms with Gasteiger partial charge in [0.2, 0.25) is 0 Å². The average molecular weight is 193 g/mol. The number of aliphatic imine (C=N–C) groups is 1. The number of hydrogen-bond donors (Lipinski definition) is 1. The van der Waals surface area contributed by atoms with Crippen LogP contribution in [0.3, 0.4) is 0 Å². The van der Waals surface area contributed by atoms with Gasteiger partial charge in [-0.05, 0) is 38.1 Å². The third kappa shape index (κ3) is 4.12. The minimum Gasteiger partial charge on any atom is -0.375 e. The van der Waals surface area contributed by atoms with Crippen molar-refractivity contribution in [3.8, 4) is 0 Å². The minimum absolute atomic E-state index is 0.801. The van der Waals surface area contributed by atoms with Crippen molar-refractivity contribution in [1.29, 1.82) is 0 Å². The molecule has 1 aliphatic rings. The van der Waals surface area contributed by atoms with Crippen molar-refractivity contribution in [2.75, 3.05) is 13.6 Å². The monoisotopic (exact) mass is 193 g/mol. The molecule has 0 aromatic heterocycles. The highest BCUT2D eigenvalue weighted by molar-refractivity contribution is 5.55. The lowest BCUT2D eigenvalue weighted by molar-refractivity contribution is 0.386. The quantitative estimate of drug-likeness (QED) is 0.395. The smallest absolute Gasteiger partial charge is 0.0859 e. The molecule has 78 valence electrons. The maximum absolute atomic E-state index is 3.80. The summed E-state index contributed by atoms with van der Waals surface area (Å²) in [5.74, 6) is 0. The summed E-state index contributed by atoms with van der Waals surface area (Å²) in [5.41, 5.74) is 0. The van der Waals surface area contributed by atoms with E-state index in [1.807, 2.05) is 12.3 Å². The molecule has 14 heavy (non-hydrogen) atoms. The van der Waals surface area contributed by atoms with Gasteiger partial charge in [0.05, 0.1) is 6.34 Å². The van der Waals surface area contributed by atoms with Gasteiger partial charge in [-0.2, -0.15) is 0 Å². The molecule has 0 bridgehead atoms. The van der Waals surface area contributed by atoms with E-state index >= 15 is 0 Å². The number of nitrogens with zero attached hydrogens (tertiary/aromatic N) is 2. The molecule has 1 saturated carbocycles. The molecule has 0 aliphatic heterocycles. The molecule has 1 fully saturated rings. The molecule has 0 amide bonds. The first-order chi connectivity index (χ1) is 6.88. The second kappa shape index (κ2) is 6.24. The van der Waals surface area contributed by atoms with E-state index < -0.39 is 0 Å². The van der Waals surface area contributed by atoms with E-state index in [4.69, 9.17) is 0 Å². The van der Waals surface area contributed by atoms with Crippen LogP contribution >= 0.6 is 0 Å². The SMILES string of the molecule is CCN(/C=C\C=C\NC=NC)C1CC1. The third-order valence-corrected chi connectivity index (χ3v) is 2.17. The van der Waals surface area contributed by atoms with Crippen LogP contribution in [0.1, 0.15) is 19.8 Å². The van der Waals surface area contributed by atoms with Crippen LogP contribution in [-0.4, -0.2) is 30.9 Å². The van der Waals surface area contributed by atoms with Crippen LogP contribution in [0, 0.1) is 0 Å². The normalized spacial score (nSPS) is 17.3. The zero-order valence-electron chi connectivity index (χ0n) is 8.98. The van der Waals surface area contributed by atoms with Gasteiger partial charge < -0.3 is 10.2 Å². The highest BCUT2D eigenvalue weighted by Crippen LogP contribution is 2.26. The second-order valence-electron chi connectivity index (χ2n) is 3.32. The summed E-state index contributed by atoms with van der Waals surface area (Å²) in [5, 5.41) is 2.93. The molecule has 0 aromatic rings. The first kappa shape index (κ1) is 10.8. The van der Waals surface area contributed by atoms with Crippen molar-refractivity contribution in [3.05, 3.63) is 24.6 Å². The van der Waals surface area contributed by atoms with Crippen LogP contribution in [0.2, 0.25) is 0 Å². The van der Waals surface area contributed by atoms with Crippen LogP contribution in [-0.2, 0) is 0 Å². The molecule has 0 spiro atoms. The van der Waals surface area contributed by atoms with Gasteiger partial charge in [-0.15, -0.1) is 0 Å². The fraction of sp³-hybridized carbons (Fsp3) is 0.545. The van der Waals surface area contributed by atoms with Gasteiger partial charge in [-0.3, -0.25) is 4.99 Å². The Bertz CT molecular complexity index is 227. The average Bonchev–Trinajstić information content (AvgIpc) is 3.01. The van der Waals surface area contributed by atoms with Crippen LogP contribution in [0.15, 0.2) is 29.5 Å². The zero-order chi connectivity index (χ0) is 10.2. The molecule has 0 unspecified atom stereocenters. The highest BCUT2D eigenvalue weighted by atomic mass is 15.2. The largest absolute Gasteiger partial charge is 0.375 e. The van der Waals surface area contributed by atoms with Crippen molar-refractivity contribution in [2.45, 2.75) is 25.8 Å². The molecule has 0 saturated heterocycles. The lowest BCUT2D eigenvalue weighted by Gasteiger charge is -2.16. The van der Waals surface area contributed by atoms with Crippen LogP contribution < -0.4 is 5.32 Å². The molecule has 0 aromatic carbocycles. The Morgan fingerprint density at radius 2 is 2.21 bits per heavy atom. The summed E-state index contributed by atoms with van der Waals surface area (Å²) >= 11 is 0. The van der Waals surface area contributed by atoms with Gasteiger partial charge in [0.25, 0.3) is 0 Å². The summed E-state index contributed by atoms with van der Waals surface area (Å²) in [6, 6.07) is 0.801. The molecule has 0 atom stereocenters. The number of nitrogens with one attached hydrogen (secondary N) is 1. The molecular weight excluding hydrogens is 174 g/mol. The van der Waals surface area contributed by atoms with E-state index in [9.17, 15) is 0 Å². The molecule has 1 rings (SSSR count). The van der Waals surface area contributed by atoms with E-state index in [2.05, 4.69) is 34.4 Å². The molecule has 1 N–H and O–H groups in total. The van der Waals surface area contributed by atoms with Crippen LogP contribution in [0.25, 0.3) is 0 Å².